The van der Waals surface area contributed by atoms with Gasteiger partial charge in [0.25, 0.3) is 11.5 Å². The lowest BCUT2D eigenvalue weighted by Crippen LogP contribution is -2.23. The Hall–Kier alpha value is -3.83. The number of carbonyl (C=O) groups is 1. The highest BCUT2D eigenvalue weighted by molar-refractivity contribution is 7.89. The Labute approximate surface area is 170 Å². The Morgan fingerprint density at radius 3 is 2.63 bits per heavy atom. The van der Waals surface area contributed by atoms with Crippen molar-refractivity contribution < 1.29 is 17.6 Å². The lowest BCUT2D eigenvalue weighted by Gasteiger charge is -2.06. The van der Waals surface area contributed by atoms with Crippen LogP contribution >= 0.6 is 0 Å². The molecule has 0 aliphatic rings. The molecule has 152 valence electrons. The van der Waals surface area contributed by atoms with Crippen LogP contribution < -0.4 is 16.0 Å². The Kier molecular flexibility index (Phi) is 4.90. The van der Waals surface area contributed by atoms with Gasteiger partial charge in [-0.05, 0) is 35.9 Å². The van der Waals surface area contributed by atoms with Crippen LogP contribution in [0.3, 0.4) is 0 Å². The minimum atomic E-state index is -3.84. The monoisotopic (exact) mass is 425 g/mol. The van der Waals surface area contributed by atoms with E-state index in [1.807, 2.05) is 6.07 Å². The van der Waals surface area contributed by atoms with Crippen molar-refractivity contribution in [1.29, 1.82) is 0 Å². The molecule has 3 aromatic heterocycles. The number of fused-ring (bicyclic) bond motifs is 1. The molecule has 3 heterocycles. The van der Waals surface area contributed by atoms with E-state index in [4.69, 9.17) is 9.56 Å². The predicted molar refractivity (Wildman–Crippen MR) is 107 cm³/mol. The fourth-order valence-corrected chi connectivity index (χ4v) is 3.38. The SMILES string of the molecule is NS(=O)(=O)c1ccc(NC(=O)c2coc3ncn(Cc4cccnc4)c(=O)c23)cc1. The van der Waals surface area contributed by atoms with Crippen molar-refractivity contribution in [2.24, 2.45) is 5.14 Å². The number of anilines is 1. The van der Waals surface area contributed by atoms with Gasteiger partial charge in [-0.3, -0.25) is 19.1 Å². The normalized spacial score (nSPS) is 11.5. The van der Waals surface area contributed by atoms with Crippen LogP contribution in [0.4, 0.5) is 5.69 Å². The summed E-state index contributed by atoms with van der Waals surface area (Å²) in [6, 6.07) is 8.88. The van der Waals surface area contributed by atoms with Crippen molar-refractivity contribution in [3.05, 3.63) is 82.9 Å². The van der Waals surface area contributed by atoms with Crippen LogP contribution in [0.15, 0.2) is 75.5 Å². The number of nitrogens with one attached hydrogen (secondary N) is 1. The summed E-state index contributed by atoms with van der Waals surface area (Å²) < 4.78 is 29.3. The molecule has 10 nitrogen and oxygen atoms in total. The molecule has 0 atom stereocenters. The number of rotatable bonds is 5. The van der Waals surface area contributed by atoms with Crippen molar-refractivity contribution in [2.75, 3.05) is 5.32 Å². The van der Waals surface area contributed by atoms with Crippen LogP contribution in [0.2, 0.25) is 0 Å². The van der Waals surface area contributed by atoms with Crippen molar-refractivity contribution in [3.63, 3.8) is 0 Å². The molecule has 0 spiro atoms. The molecule has 0 unspecified atom stereocenters. The van der Waals surface area contributed by atoms with Crippen molar-refractivity contribution >= 4 is 32.7 Å². The van der Waals surface area contributed by atoms with Gasteiger partial charge in [-0.1, -0.05) is 6.07 Å². The first-order valence-corrected chi connectivity index (χ1v) is 10.2. The fraction of sp³-hybridized carbons (Fsp3) is 0.0526. The Balaban J connectivity index is 1.64. The standard InChI is InChI=1S/C19H15N5O5S/c20-30(27,28)14-5-3-13(4-6-14)23-17(25)15-10-29-18-16(15)19(26)24(11-22-18)9-12-2-1-7-21-8-12/h1-8,10-11H,9H2,(H,23,25)(H2,20,27,28). The number of sulfonamides is 1. The maximum absolute atomic E-state index is 12.9. The van der Waals surface area contributed by atoms with Crippen LogP contribution in [0.5, 0.6) is 0 Å². The number of primary sulfonamides is 1. The molecule has 11 heteroatoms. The maximum Gasteiger partial charge on any atom is 0.265 e. The van der Waals surface area contributed by atoms with E-state index in [0.29, 0.717) is 5.69 Å². The Morgan fingerprint density at radius 2 is 1.97 bits per heavy atom. The molecule has 0 saturated heterocycles. The molecular formula is C19H15N5O5S. The molecule has 4 rings (SSSR count). The number of benzene rings is 1. The molecule has 3 N–H and O–H groups in total. The van der Waals surface area contributed by atoms with Crippen molar-refractivity contribution in [2.45, 2.75) is 11.4 Å². The van der Waals surface area contributed by atoms with Crippen LogP contribution in [-0.2, 0) is 16.6 Å². The zero-order valence-electron chi connectivity index (χ0n) is 15.3. The van der Waals surface area contributed by atoms with Gasteiger partial charge in [0.15, 0.2) is 0 Å². The van der Waals surface area contributed by atoms with E-state index in [1.165, 1.54) is 35.2 Å². The van der Waals surface area contributed by atoms with Gasteiger partial charge in [-0.15, -0.1) is 0 Å². The van der Waals surface area contributed by atoms with Gasteiger partial charge in [0.1, 0.15) is 18.0 Å². The third kappa shape index (κ3) is 3.83. The average molecular weight is 425 g/mol. The van der Waals surface area contributed by atoms with Gasteiger partial charge in [0.05, 0.1) is 17.0 Å². The van der Waals surface area contributed by atoms with E-state index in [-0.39, 0.29) is 28.1 Å². The minimum Gasteiger partial charge on any atom is -0.445 e. The molecule has 0 aliphatic heterocycles. The van der Waals surface area contributed by atoms with Gasteiger partial charge < -0.3 is 9.73 Å². The number of carbonyl (C=O) groups excluding carboxylic acids is 1. The molecular weight excluding hydrogens is 410 g/mol. The summed E-state index contributed by atoms with van der Waals surface area (Å²) in [5, 5.41) is 7.69. The fourth-order valence-electron chi connectivity index (χ4n) is 2.86. The molecule has 0 aliphatic carbocycles. The minimum absolute atomic E-state index is 0.0126. The molecule has 1 aromatic carbocycles. The van der Waals surface area contributed by atoms with Gasteiger partial charge in [0.2, 0.25) is 15.7 Å². The van der Waals surface area contributed by atoms with Crippen molar-refractivity contribution in [3.8, 4) is 0 Å². The Bertz CT molecular complexity index is 1390. The number of nitrogens with zero attached hydrogens (tertiary/aromatic N) is 3. The Morgan fingerprint density at radius 1 is 1.20 bits per heavy atom. The second-order valence-corrected chi connectivity index (χ2v) is 7.95. The summed E-state index contributed by atoms with van der Waals surface area (Å²) >= 11 is 0. The van der Waals surface area contributed by atoms with Gasteiger partial charge in [-0.25, -0.2) is 18.5 Å². The van der Waals surface area contributed by atoms with Crippen LogP contribution in [0.1, 0.15) is 15.9 Å². The molecule has 30 heavy (non-hydrogen) atoms. The number of hydrogen-bond donors (Lipinski definition) is 2. The number of furan rings is 1. The van der Waals surface area contributed by atoms with Gasteiger partial charge in [-0.2, -0.15) is 0 Å². The van der Waals surface area contributed by atoms with Gasteiger partial charge in [0, 0.05) is 18.1 Å². The largest absolute Gasteiger partial charge is 0.445 e. The van der Waals surface area contributed by atoms with E-state index in [0.717, 1.165) is 11.8 Å². The third-order valence-corrected chi connectivity index (χ3v) is 5.25. The second kappa shape index (κ2) is 7.54. The summed E-state index contributed by atoms with van der Waals surface area (Å²) in [6.45, 7) is 0.233. The number of nitrogens with two attached hydrogens (primary N) is 1. The van der Waals surface area contributed by atoms with E-state index in [1.54, 1.807) is 18.5 Å². The summed E-state index contributed by atoms with van der Waals surface area (Å²) in [7, 11) is -3.84. The number of amides is 1. The highest BCUT2D eigenvalue weighted by Crippen LogP contribution is 2.19. The zero-order valence-corrected chi connectivity index (χ0v) is 16.2. The maximum atomic E-state index is 12.9. The summed E-state index contributed by atoms with van der Waals surface area (Å²) in [6.07, 6.45) is 5.75. The zero-order chi connectivity index (χ0) is 21.3. The average Bonchev–Trinajstić information content (AvgIpc) is 3.16. The van der Waals surface area contributed by atoms with Crippen molar-refractivity contribution in [1.82, 2.24) is 14.5 Å². The van der Waals surface area contributed by atoms with E-state index >= 15 is 0 Å². The third-order valence-electron chi connectivity index (χ3n) is 4.32. The first-order chi connectivity index (χ1) is 14.3. The quantitative estimate of drug-likeness (QED) is 0.489. The predicted octanol–water partition coefficient (Wildman–Crippen LogP) is 1.33. The highest BCUT2D eigenvalue weighted by Gasteiger charge is 2.19. The first kappa shape index (κ1) is 19.5. The summed E-state index contributed by atoms with van der Waals surface area (Å²) in [5.41, 5.74) is 0.731. The first-order valence-electron chi connectivity index (χ1n) is 8.63. The van der Waals surface area contributed by atoms with E-state index in [2.05, 4.69) is 15.3 Å². The van der Waals surface area contributed by atoms with Crippen LogP contribution in [0.25, 0.3) is 11.1 Å². The number of hydrogen-bond acceptors (Lipinski definition) is 7. The summed E-state index contributed by atoms with van der Waals surface area (Å²) in [4.78, 5) is 33.6. The second-order valence-electron chi connectivity index (χ2n) is 6.39. The topological polar surface area (TPSA) is 150 Å². The van der Waals surface area contributed by atoms with Gasteiger partial charge >= 0.3 is 0 Å². The van der Waals surface area contributed by atoms with E-state index < -0.39 is 21.5 Å². The molecule has 0 radical (unpaired) electrons. The lowest BCUT2D eigenvalue weighted by molar-refractivity contribution is 0.102. The molecule has 4 aromatic rings. The number of aromatic nitrogens is 3. The smallest absolute Gasteiger partial charge is 0.265 e. The number of pyridine rings is 1. The molecule has 0 saturated carbocycles. The van der Waals surface area contributed by atoms with Crippen LogP contribution in [0, 0.1) is 0 Å². The lowest BCUT2D eigenvalue weighted by atomic mass is 10.2. The summed E-state index contributed by atoms with van der Waals surface area (Å²) in [5.74, 6) is -0.602. The molecule has 0 fully saturated rings. The highest BCUT2D eigenvalue weighted by atomic mass is 32.2. The molecule has 0 bridgehead atoms. The van der Waals surface area contributed by atoms with Crippen LogP contribution in [-0.4, -0.2) is 28.9 Å². The molecule has 1 amide bonds. The van der Waals surface area contributed by atoms with E-state index in [9.17, 15) is 18.0 Å².